The van der Waals surface area contributed by atoms with Crippen LogP contribution in [0.5, 0.6) is 0 Å². The van der Waals surface area contributed by atoms with Crippen molar-refractivity contribution in [3.8, 4) is 0 Å². The molecular formula is C15H15ClN2O3. The summed E-state index contributed by atoms with van der Waals surface area (Å²) < 4.78 is 4.78. The first-order chi connectivity index (χ1) is 10.1. The molecular weight excluding hydrogens is 292 g/mol. The Morgan fingerprint density at radius 2 is 2.10 bits per heavy atom. The van der Waals surface area contributed by atoms with Crippen LogP contribution in [-0.4, -0.2) is 23.5 Å². The molecule has 2 aromatic rings. The fraction of sp³-hybridized carbons (Fsp3) is 0.267. The molecule has 1 amide bonds. The molecule has 0 spiro atoms. The van der Waals surface area contributed by atoms with E-state index < -0.39 is 0 Å². The number of amides is 1. The van der Waals surface area contributed by atoms with Gasteiger partial charge in [0.15, 0.2) is 0 Å². The fourth-order valence-corrected chi connectivity index (χ4v) is 2.12. The van der Waals surface area contributed by atoms with Crippen molar-refractivity contribution in [2.45, 2.75) is 19.8 Å². The van der Waals surface area contributed by atoms with Crippen LogP contribution >= 0.6 is 11.6 Å². The number of esters is 1. The second-order valence-electron chi connectivity index (χ2n) is 4.35. The predicted molar refractivity (Wildman–Crippen MR) is 81.2 cm³/mol. The lowest BCUT2D eigenvalue weighted by atomic mass is 10.1. The maximum Gasteiger partial charge on any atom is 0.306 e. The molecule has 0 saturated heterocycles. The Kier molecular flexibility index (Phi) is 5.11. The van der Waals surface area contributed by atoms with Gasteiger partial charge in [-0.15, -0.1) is 0 Å². The molecule has 1 aromatic heterocycles. The number of hydrogen-bond acceptors (Lipinski definition) is 4. The van der Waals surface area contributed by atoms with E-state index in [1.54, 1.807) is 31.3 Å². The third kappa shape index (κ3) is 3.92. The van der Waals surface area contributed by atoms with E-state index in [4.69, 9.17) is 16.3 Å². The van der Waals surface area contributed by atoms with E-state index in [1.165, 1.54) is 0 Å². The van der Waals surface area contributed by atoms with E-state index in [2.05, 4.69) is 10.3 Å². The van der Waals surface area contributed by atoms with Crippen molar-refractivity contribution in [2.24, 2.45) is 0 Å². The van der Waals surface area contributed by atoms with Crippen molar-refractivity contribution in [3.63, 3.8) is 0 Å². The van der Waals surface area contributed by atoms with Crippen LogP contribution in [0.3, 0.4) is 0 Å². The number of carbonyl (C=O) groups excluding carboxylic acids is 2. The Bertz CT molecular complexity index is 673. The van der Waals surface area contributed by atoms with Crippen molar-refractivity contribution in [3.05, 3.63) is 35.5 Å². The predicted octanol–water partition coefficient (Wildman–Crippen LogP) is 3.17. The zero-order chi connectivity index (χ0) is 15.2. The average molecular weight is 307 g/mol. The van der Waals surface area contributed by atoms with Gasteiger partial charge in [-0.05, 0) is 31.2 Å². The molecule has 110 valence electrons. The highest BCUT2D eigenvalue weighted by Gasteiger charge is 2.11. The quantitative estimate of drug-likeness (QED) is 0.862. The van der Waals surface area contributed by atoms with E-state index in [-0.39, 0.29) is 24.7 Å². The molecule has 2 rings (SSSR count). The second-order valence-corrected chi connectivity index (χ2v) is 4.75. The largest absolute Gasteiger partial charge is 0.466 e. The minimum Gasteiger partial charge on any atom is -0.466 e. The fourth-order valence-electron chi connectivity index (χ4n) is 1.91. The number of fused-ring (bicyclic) bond motifs is 1. The van der Waals surface area contributed by atoms with Crippen molar-refractivity contribution >= 4 is 40.1 Å². The average Bonchev–Trinajstić information content (AvgIpc) is 2.49. The number of anilines is 1. The summed E-state index contributed by atoms with van der Waals surface area (Å²) >= 11 is 6.07. The SMILES string of the molecule is CCOC(=O)CCC(=O)Nc1ccc(Cl)c2ncccc12. The van der Waals surface area contributed by atoms with Gasteiger partial charge in [-0.2, -0.15) is 0 Å². The lowest BCUT2D eigenvalue weighted by Crippen LogP contribution is -2.14. The molecule has 0 unspecified atom stereocenters. The van der Waals surface area contributed by atoms with Crippen LogP contribution in [0.1, 0.15) is 19.8 Å². The first kappa shape index (κ1) is 15.3. The van der Waals surface area contributed by atoms with Crippen LogP contribution in [0.2, 0.25) is 5.02 Å². The molecule has 21 heavy (non-hydrogen) atoms. The number of nitrogens with zero attached hydrogens (tertiary/aromatic N) is 1. The maximum absolute atomic E-state index is 11.9. The molecule has 0 atom stereocenters. The van der Waals surface area contributed by atoms with Gasteiger partial charge < -0.3 is 10.1 Å². The standard InChI is InChI=1S/C15H15ClN2O3/c1-2-21-14(20)8-7-13(19)18-12-6-5-11(16)15-10(12)4-3-9-17-15/h3-6,9H,2,7-8H2,1H3,(H,18,19). The van der Waals surface area contributed by atoms with Gasteiger partial charge in [0.05, 0.1) is 29.3 Å². The van der Waals surface area contributed by atoms with Gasteiger partial charge >= 0.3 is 5.97 Å². The smallest absolute Gasteiger partial charge is 0.306 e. The van der Waals surface area contributed by atoms with Gasteiger partial charge in [-0.25, -0.2) is 0 Å². The molecule has 1 aromatic carbocycles. The number of hydrogen-bond donors (Lipinski definition) is 1. The molecule has 0 radical (unpaired) electrons. The Labute approximate surface area is 127 Å². The minimum atomic E-state index is -0.379. The van der Waals surface area contributed by atoms with Gasteiger partial charge in [0, 0.05) is 18.0 Å². The molecule has 1 heterocycles. The molecule has 0 aliphatic rings. The van der Waals surface area contributed by atoms with Gasteiger partial charge in [-0.3, -0.25) is 14.6 Å². The van der Waals surface area contributed by atoms with Gasteiger partial charge in [0.1, 0.15) is 0 Å². The van der Waals surface area contributed by atoms with E-state index in [1.807, 2.05) is 6.07 Å². The summed E-state index contributed by atoms with van der Waals surface area (Å²) in [5, 5.41) is 4.05. The topological polar surface area (TPSA) is 68.3 Å². The highest BCUT2D eigenvalue weighted by Crippen LogP contribution is 2.28. The van der Waals surface area contributed by atoms with Gasteiger partial charge in [0.2, 0.25) is 5.91 Å². The second kappa shape index (κ2) is 7.04. The number of pyridine rings is 1. The first-order valence-corrected chi connectivity index (χ1v) is 6.98. The Hall–Kier alpha value is -2.14. The third-order valence-corrected chi connectivity index (χ3v) is 3.16. The number of ether oxygens (including phenoxy) is 1. The van der Waals surface area contributed by atoms with Crippen LogP contribution in [0.15, 0.2) is 30.5 Å². The van der Waals surface area contributed by atoms with Crippen molar-refractivity contribution < 1.29 is 14.3 Å². The highest BCUT2D eigenvalue weighted by molar-refractivity contribution is 6.35. The Balaban J connectivity index is 2.08. The van der Waals surface area contributed by atoms with Gasteiger partial charge in [-0.1, -0.05) is 11.6 Å². The van der Waals surface area contributed by atoms with Crippen LogP contribution in [0.4, 0.5) is 5.69 Å². The van der Waals surface area contributed by atoms with Crippen molar-refractivity contribution in [1.29, 1.82) is 0 Å². The summed E-state index contributed by atoms with van der Waals surface area (Å²) in [5.74, 6) is -0.634. The summed E-state index contributed by atoms with van der Waals surface area (Å²) in [6.07, 6.45) is 1.77. The first-order valence-electron chi connectivity index (χ1n) is 6.60. The molecule has 0 bridgehead atoms. The normalized spacial score (nSPS) is 10.4. The highest BCUT2D eigenvalue weighted by atomic mass is 35.5. The summed E-state index contributed by atoms with van der Waals surface area (Å²) in [7, 11) is 0. The molecule has 0 saturated carbocycles. The minimum absolute atomic E-state index is 0.0590. The van der Waals surface area contributed by atoms with E-state index >= 15 is 0 Å². The summed E-state index contributed by atoms with van der Waals surface area (Å²) in [4.78, 5) is 27.3. The molecule has 0 fully saturated rings. The molecule has 0 aliphatic carbocycles. The van der Waals surface area contributed by atoms with Crippen LogP contribution < -0.4 is 5.32 Å². The van der Waals surface area contributed by atoms with E-state index in [0.717, 1.165) is 5.39 Å². The molecule has 0 aliphatic heterocycles. The zero-order valence-corrected chi connectivity index (χ0v) is 12.3. The number of halogens is 1. The van der Waals surface area contributed by atoms with E-state index in [0.29, 0.717) is 22.8 Å². The Morgan fingerprint density at radius 1 is 1.29 bits per heavy atom. The third-order valence-electron chi connectivity index (χ3n) is 2.86. The number of nitrogens with one attached hydrogen (secondary N) is 1. The van der Waals surface area contributed by atoms with Crippen LogP contribution in [-0.2, 0) is 14.3 Å². The van der Waals surface area contributed by atoms with E-state index in [9.17, 15) is 9.59 Å². The lowest BCUT2D eigenvalue weighted by Gasteiger charge is -2.09. The lowest BCUT2D eigenvalue weighted by molar-refractivity contribution is -0.144. The molecule has 6 heteroatoms. The van der Waals surface area contributed by atoms with Gasteiger partial charge in [0.25, 0.3) is 0 Å². The summed E-state index contributed by atoms with van der Waals surface area (Å²) in [5.41, 5.74) is 1.25. The molecule has 1 N–H and O–H groups in total. The van der Waals surface area contributed by atoms with Crippen LogP contribution in [0.25, 0.3) is 10.9 Å². The number of carbonyl (C=O) groups is 2. The Morgan fingerprint density at radius 3 is 2.86 bits per heavy atom. The van der Waals surface area contributed by atoms with Crippen molar-refractivity contribution in [1.82, 2.24) is 4.98 Å². The summed E-state index contributed by atoms with van der Waals surface area (Å²) in [6, 6.07) is 6.99. The number of rotatable bonds is 5. The zero-order valence-electron chi connectivity index (χ0n) is 11.6. The van der Waals surface area contributed by atoms with Crippen molar-refractivity contribution in [2.75, 3.05) is 11.9 Å². The molecule has 5 nitrogen and oxygen atoms in total. The number of benzene rings is 1. The van der Waals surface area contributed by atoms with Crippen LogP contribution in [0, 0.1) is 0 Å². The monoisotopic (exact) mass is 306 g/mol. The summed E-state index contributed by atoms with van der Waals surface area (Å²) in [6.45, 7) is 2.04. The maximum atomic E-state index is 11.9. The number of aromatic nitrogens is 1.